The predicted molar refractivity (Wildman–Crippen MR) is 40.4 cm³/mol. The van der Waals surface area contributed by atoms with Crippen molar-refractivity contribution in [2.75, 3.05) is 0 Å². The van der Waals surface area contributed by atoms with Crippen LogP contribution in [0.2, 0.25) is 0 Å². The maximum atomic E-state index is 12.5. The Hall–Kier alpha value is -1.14. The third-order valence-electron chi connectivity index (χ3n) is 1.62. The van der Waals surface area contributed by atoms with Gasteiger partial charge in [-0.15, -0.1) is 0 Å². The van der Waals surface area contributed by atoms with Gasteiger partial charge >= 0.3 is 6.18 Å². The van der Waals surface area contributed by atoms with Gasteiger partial charge in [0.25, 0.3) is 0 Å². The molecule has 0 heterocycles. The molecule has 0 unspecified atom stereocenters. The van der Waals surface area contributed by atoms with Crippen LogP contribution in [0.1, 0.15) is 11.1 Å². The summed E-state index contributed by atoms with van der Waals surface area (Å²) in [5.41, 5.74) is -1.26. The average molecular weight is 209 g/mol. The Balaban J connectivity index is 3.16. The van der Waals surface area contributed by atoms with Crippen molar-refractivity contribution >= 4 is 0 Å². The first-order valence-corrected chi connectivity index (χ1v) is 3.62. The van der Waals surface area contributed by atoms with Crippen molar-refractivity contribution in [2.24, 2.45) is 5.90 Å². The molecule has 0 amide bonds. The summed E-state index contributed by atoms with van der Waals surface area (Å²) in [6.07, 6.45) is -4.60. The van der Waals surface area contributed by atoms with Crippen LogP contribution in [0.15, 0.2) is 18.2 Å². The zero-order chi connectivity index (χ0) is 10.8. The largest absolute Gasteiger partial charge is 0.416 e. The van der Waals surface area contributed by atoms with Crippen LogP contribution in [-0.4, -0.2) is 0 Å². The normalized spacial score (nSPS) is 11.8. The summed E-state index contributed by atoms with van der Waals surface area (Å²) in [4.78, 5) is 4.08. The van der Waals surface area contributed by atoms with Gasteiger partial charge in [0.2, 0.25) is 0 Å². The fraction of sp³-hybridized carbons (Fsp3) is 0.250. The average Bonchev–Trinajstić information content (AvgIpc) is 2.07. The minimum Gasteiger partial charge on any atom is -0.300 e. The van der Waals surface area contributed by atoms with Gasteiger partial charge in [0.15, 0.2) is 0 Å². The van der Waals surface area contributed by atoms with E-state index in [1.54, 1.807) is 0 Å². The van der Waals surface area contributed by atoms with Gasteiger partial charge in [-0.3, -0.25) is 4.84 Å². The van der Waals surface area contributed by atoms with Crippen LogP contribution >= 0.6 is 0 Å². The van der Waals surface area contributed by atoms with Crippen LogP contribution in [0.25, 0.3) is 0 Å². The molecule has 1 aromatic rings. The summed E-state index contributed by atoms with van der Waals surface area (Å²) < 4.78 is 49.4. The lowest BCUT2D eigenvalue weighted by Gasteiger charge is -2.11. The molecular formula is C8H7F4NO. The first-order valence-electron chi connectivity index (χ1n) is 3.62. The van der Waals surface area contributed by atoms with E-state index in [4.69, 9.17) is 0 Å². The number of hydrogen-bond donors (Lipinski definition) is 1. The van der Waals surface area contributed by atoms with E-state index in [9.17, 15) is 17.6 Å². The van der Waals surface area contributed by atoms with Crippen LogP contribution in [0.4, 0.5) is 17.6 Å². The van der Waals surface area contributed by atoms with Crippen LogP contribution < -0.4 is 5.90 Å². The number of benzene rings is 1. The zero-order valence-electron chi connectivity index (χ0n) is 6.94. The summed E-state index contributed by atoms with van der Waals surface area (Å²) in [5.74, 6) is 3.70. The fourth-order valence-corrected chi connectivity index (χ4v) is 1.03. The Bertz CT molecular complexity index is 324. The van der Waals surface area contributed by atoms with Crippen molar-refractivity contribution in [1.82, 2.24) is 0 Å². The molecule has 0 fully saturated rings. The SMILES string of the molecule is NOCc1ccc(F)cc1C(F)(F)F. The molecule has 0 saturated carbocycles. The molecule has 2 N–H and O–H groups in total. The summed E-state index contributed by atoms with van der Waals surface area (Å²) in [5, 5.41) is 0. The highest BCUT2D eigenvalue weighted by molar-refractivity contribution is 5.29. The number of alkyl halides is 3. The molecule has 0 bridgehead atoms. The molecule has 0 aliphatic heterocycles. The highest BCUT2D eigenvalue weighted by Gasteiger charge is 2.33. The van der Waals surface area contributed by atoms with Gasteiger partial charge in [-0.2, -0.15) is 13.2 Å². The van der Waals surface area contributed by atoms with E-state index < -0.39 is 24.2 Å². The Labute approximate surface area is 77.2 Å². The standard InChI is InChI=1S/C8H7F4NO/c9-6-2-1-5(4-14-13)7(3-6)8(10,11)12/h1-3H,4,13H2. The molecule has 78 valence electrons. The van der Waals surface area contributed by atoms with E-state index in [-0.39, 0.29) is 5.56 Å². The minimum atomic E-state index is -4.60. The van der Waals surface area contributed by atoms with Crippen molar-refractivity contribution in [2.45, 2.75) is 12.8 Å². The van der Waals surface area contributed by atoms with Crippen LogP contribution in [0.3, 0.4) is 0 Å². The smallest absolute Gasteiger partial charge is 0.300 e. The lowest BCUT2D eigenvalue weighted by Crippen LogP contribution is -2.11. The maximum absolute atomic E-state index is 12.5. The first kappa shape index (κ1) is 10.9. The molecule has 0 radical (unpaired) electrons. The fourth-order valence-electron chi connectivity index (χ4n) is 1.03. The van der Waals surface area contributed by atoms with Gasteiger partial charge in [0.05, 0.1) is 12.2 Å². The van der Waals surface area contributed by atoms with Crippen LogP contribution in [-0.2, 0) is 17.6 Å². The van der Waals surface area contributed by atoms with E-state index in [1.807, 2.05) is 0 Å². The minimum absolute atomic E-state index is 0.193. The van der Waals surface area contributed by atoms with Crippen molar-refractivity contribution in [3.8, 4) is 0 Å². The van der Waals surface area contributed by atoms with Crippen LogP contribution in [0.5, 0.6) is 0 Å². The molecule has 0 aromatic heterocycles. The zero-order valence-corrected chi connectivity index (χ0v) is 6.94. The Morgan fingerprint density at radius 2 is 1.93 bits per heavy atom. The van der Waals surface area contributed by atoms with Gasteiger partial charge in [0.1, 0.15) is 5.82 Å². The van der Waals surface area contributed by atoms with E-state index in [0.717, 1.165) is 12.1 Å². The molecule has 1 aromatic carbocycles. The predicted octanol–water partition coefficient (Wildman–Crippen LogP) is 2.23. The lowest BCUT2D eigenvalue weighted by atomic mass is 10.1. The van der Waals surface area contributed by atoms with Crippen molar-refractivity contribution in [3.63, 3.8) is 0 Å². The van der Waals surface area contributed by atoms with Crippen molar-refractivity contribution in [3.05, 3.63) is 35.1 Å². The summed E-state index contributed by atoms with van der Waals surface area (Å²) in [6.45, 7) is -0.408. The molecule has 0 aliphatic carbocycles. The molecule has 1 rings (SSSR count). The Morgan fingerprint density at radius 3 is 2.43 bits per heavy atom. The number of rotatable bonds is 2. The van der Waals surface area contributed by atoms with Gasteiger partial charge in [0, 0.05) is 0 Å². The van der Waals surface area contributed by atoms with Gasteiger partial charge < -0.3 is 0 Å². The second-order valence-electron chi connectivity index (χ2n) is 2.61. The first-order chi connectivity index (χ1) is 6.45. The van der Waals surface area contributed by atoms with Crippen molar-refractivity contribution < 1.29 is 22.4 Å². The molecular weight excluding hydrogens is 202 g/mol. The molecule has 0 atom stereocenters. The highest BCUT2D eigenvalue weighted by atomic mass is 19.4. The molecule has 14 heavy (non-hydrogen) atoms. The third kappa shape index (κ3) is 2.43. The molecule has 6 heteroatoms. The molecule has 0 saturated heterocycles. The Kier molecular flexibility index (Phi) is 3.07. The number of halogens is 4. The number of nitrogens with two attached hydrogens (primary N) is 1. The highest BCUT2D eigenvalue weighted by Crippen LogP contribution is 2.32. The maximum Gasteiger partial charge on any atom is 0.416 e. The topological polar surface area (TPSA) is 35.2 Å². The third-order valence-corrected chi connectivity index (χ3v) is 1.62. The van der Waals surface area contributed by atoms with Gasteiger partial charge in [-0.25, -0.2) is 10.3 Å². The summed E-state index contributed by atoms with van der Waals surface area (Å²) in [6, 6.07) is 2.32. The lowest BCUT2D eigenvalue weighted by molar-refractivity contribution is -0.139. The van der Waals surface area contributed by atoms with E-state index in [0.29, 0.717) is 6.07 Å². The molecule has 2 nitrogen and oxygen atoms in total. The second-order valence-corrected chi connectivity index (χ2v) is 2.61. The quantitative estimate of drug-likeness (QED) is 0.598. The van der Waals surface area contributed by atoms with E-state index >= 15 is 0 Å². The number of hydrogen-bond acceptors (Lipinski definition) is 2. The monoisotopic (exact) mass is 209 g/mol. The molecule has 0 aliphatic rings. The van der Waals surface area contributed by atoms with E-state index in [1.165, 1.54) is 0 Å². The van der Waals surface area contributed by atoms with Gasteiger partial charge in [-0.1, -0.05) is 6.07 Å². The van der Waals surface area contributed by atoms with Crippen LogP contribution in [0, 0.1) is 5.82 Å². The second kappa shape index (κ2) is 3.93. The van der Waals surface area contributed by atoms with Crippen molar-refractivity contribution in [1.29, 1.82) is 0 Å². The summed E-state index contributed by atoms with van der Waals surface area (Å²) in [7, 11) is 0. The van der Waals surface area contributed by atoms with E-state index in [2.05, 4.69) is 10.7 Å². The Morgan fingerprint density at radius 1 is 1.29 bits per heavy atom. The summed E-state index contributed by atoms with van der Waals surface area (Å²) >= 11 is 0. The van der Waals surface area contributed by atoms with Gasteiger partial charge in [-0.05, 0) is 17.7 Å². The molecule has 0 spiro atoms.